The van der Waals surface area contributed by atoms with Crippen molar-refractivity contribution in [2.75, 3.05) is 0 Å². The molecule has 1 heterocycles. The molecule has 0 bridgehead atoms. The van der Waals surface area contributed by atoms with E-state index in [1.807, 2.05) is 11.3 Å². The summed E-state index contributed by atoms with van der Waals surface area (Å²) in [5.41, 5.74) is 1.63. The minimum Gasteiger partial charge on any atom is -0.140 e. The van der Waals surface area contributed by atoms with Gasteiger partial charge in [-0.2, -0.15) is 0 Å². The monoisotopic (exact) mass is 190 g/mol. The lowest BCUT2D eigenvalue weighted by molar-refractivity contribution is 0.603. The van der Waals surface area contributed by atoms with Crippen molar-refractivity contribution >= 4 is 11.3 Å². The van der Waals surface area contributed by atoms with E-state index in [1.165, 1.54) is 15.3 Å². The van der Waals surface area contributed by atoms with E-state index >= 15 is 0 Å². The summed E-state index contributed by atoms with van der Waals surface area (Å²) in [7, 11) is 0. The third-order valence-electron chi connectivity index (χ3n) is 2.18. The normalized spacial score (nSPS) is 12.2. The smallest absolute Gasteiger partial charge is 0.0345 e. The largest absolute Gasteiger partial charge is 0.140 e. The molecular weight excluding hydrogens is 176 g/mol. The quantitative estimate of drug-likeness (QED) is 0.585. The molecule has 0 saturated heterocycles. The van der Waals surface area contributed by atoms with Crippen LogP contribution in [0.1, 0.15) is 25.6 Å². The summed E-state index contributed by atoms with van der Waals surface area (Å²) in [5.74, 6) is 0. The van der Waals surface area contributed by atoms with Gasteiger partial charge in [0.2, 0.25) is 0 Å². The Balaban J connectivity index is 2.56. The van der Waals surface area contributed by atoms with Gasteiger partial charge in [-0.1, -0.05) is 39.0 Å². The third kappa shape index (κ3) is 1.61. The molecule has 0 unspecified atom stereocenters. The Hall–Kier alpha value is -0.820. The van der Waals surface area contributed by atoms with E-state index in [4.69, 9.17) is 0 Å². The summed E-state index contributed by atoms with van der Waals surface area (Å²) in [5, 5.41) is 0. The second-order valence-electron chi connectivity index (χ2n) is 4.40. The van der Waals surface area contributed by atoms with E-state index in [-0.39, 0.29) is 5.41 Å². The molecule has 13 heavy (non-hydrogen) atoms. The lowest BCUT2D eigenvalue weighted by Crippen LogP contribution is -2.09. The van der Waals surface area contributed by atoms with Crippen molar-refractivity contribution in [3.63, 3.8) is 0 Å². The van der Waals surface area contributed by atoms with Crippen LogP contribution in [0.5, 0.6) is 0 Å². The molecular formula is C12H14S. The minimum atomic E-state index is 0.274. The second-order valence-corrected chi connectivity index (χ2v) is 5.48. The average Bonchev–Trinajstić information content (AvgIpc) is 2.47. The summed E-state index contributed by atoms with van der Waals surface area (Å²) in [6, 6.07) is 10.9. The summed E-state index contributed by atoms with van der Waals surface area (Å²) >= 11 is 1.90. The molecule has 0 spiro atoms. The van der Waals surface area contributed by atoms with Gasteiger partial charge in [-0.05, 0) is 23.1 Å². The van der Waals surface area contributed by atoms with Crippen molar-refractivity contribution in [2.24, 2.45) is 0 Å². The Morgan fingerprint density at radius 1 is 1.00 bits per heavy atom. The molecule has 0 atom stereocenters. The SMILES string of the molecule is CC(C)(C)c1ccc2cccc-2s1. The van der Waals surface area contributed by atoms with Crippen LogP contribution in [0.2, 0.25) is 0 Å². The molecule has 0 saturated carbocycles. The van der Waals surface area contributed by atoms with Gasteiger partial charge in [0.25, 0.3) is 0 Å². The van der Waals surface area contributed by atoms with Gasteiger partial charge < -0.3 is 0 Å². The molecule has 1 heteroatoms. The van der Waals surface area contributed by atoms with Crippen LogP contribution in [-0.2, 0) is 5.41 Å². The predicted octanol–water partition coefficient (Wildman–Crippen LogP) is 4.15. The summed E-state index contributed by atoms with van der Waals surface area (Å²) in [6.45, 7) is 6.77. The van der Waals surface area contributed by atoms with E-state index in [0.29, 0.717) is 0 Å². The molecule has 0 radical (unpaired) electrons. The number of rotatable bonds is 0. The van der Waals surface area contributed by atoms with Crippen LogP contribution in [-0.4, -0.2) is 0 Å². The van der Waals surface area contributed by atoms with Gasteiger partial charge in [0.1, 0.15) is 0 Å². The minimum absolute atomic E-state index is 0.274. The van der Waals surface area contributed by atoms with Crippen LogP contribution in [0.3, 0.4) is 0 Å². The number of hydrogen-bond acceptors (Lipinski definition) is 1. The van der Waals surface area contributed by atoms with Gasteiger partial charge in [-0.25, -0.2) is 0 Å². The van der Waals surface area contributed by atoms with Gasteiger partial charge in [0, 0.05) is 9.75 Å². The molecule has 0 aromatic heterocycles. The van der Waals surface area contributed by atoms with Crippen LogP contribution < -0.4 is 0 Å². The first-order valence-corrected chi connectivity index (χ1v) is 5.38. The van der Waals surface area contributed by atoms with E-state index < -0.39 is 0 Å². The number of fused-ring (bicyclic) bond motifs is 1. The summed E-state index contributed by atoms with van der Waals surface area (Å²) in [4.78, 5) is 2.85. The van der Waals surface area contributed by atoms with Crippen molar-refractivity contribution in [3.05, 3.63) is 35.2 Å². The van der Waals surface area contributed by atoms with Crippen LogP contribution in [0.4, 0.5) is 0 Å². The van der Waals surface area contributed by atoms with Crippen LogP contribution in [0.25, 0.3) is 10.4 Å². The van der Waals surface area contributed by atoms with Gasteiger partial charge in [-0.3, -0.25) is 0 Å². The molecule has 0 amide bonds. The predicted molar refractivity (Wildman–Crippen MR) is 59.6 cm³/mol. The first-order valence-electron chi connectivity index (χ1n) is 4.56. The van der Waals surface area contributed by atoms with E-state index in [2.05, 4.69) is 51.1 Å². The molecule has 0 aromatic rings. The average molecular weight is 190 g/mol. The van der Waals surface area contributed by atoms with Crippen LogP contribution >= 0.6 is 11.3 Å². The Labute approximate surface area is 83.6 Å². The van der Waals surface area contributed by atoms with Gasteiger partial charge >= 0.3 is 0 Å². The zero-order chi connectivity index (χ0) is 9.47. The molecule has 0 nitrogen and oxygen atoms in total. The van der Waals surface area contributed by atoms with Gasteiger partial charge in [0.05, 0.1) is 0 Å². The Kier molecular flexibility index (Phi) is 1.92. The van der Waals surface area contributed by atoms with Crippen molar-refractivity contribution in [2.45, 2.75) is 26.2 Å². The summed E-state index contributed by atoms with van der Waals surface area (Å²) < 4.78 is 0. The molecule has 0 fully saturated rings. The zero-order valence-electron chi connectivity index (χ0n) is 8.29. The number of hydrogen-bond donors (Lipinski definition) is 0. The fourth-order valence-corrected chi connectivity index (χ4v) is 2.45. The topological polar surface area (TPSA) is 0 Å². The summed E-state index contributed by atoms with van der Waals surface area (Å²) in [6.07, 6.45) is 0. The fraction of sp³-hybridized carbons (Fsp3) is 0.333. The van der Waals surface area contributed by atoms with Crippen molar-refractivity contribution in [1.82, 2.24) is 0 Å². The third-order valence-corrected chi connectivity index (χ3v) is 3.74. The lowest BCUT2D eigenvalue weighted by atomic mass is 9.94. The maximum atomic E-state index is 2.26. The molecule has 1 aliphatic heterocycles. The Bertz CT molecular complexity index is 379. The standard InChI is InChI=1S/C12H14S/c1-12(2,3)11-8-7-9-5-4-6-10(9)13-11/h4-8H,1-3H3. The van der Waals surface area contributed by atoms with E-state index in [9.17, 15) is 0 Å². The first kappa shape index (κ1) is 8.76. The fourth-order valence-electron chi connectivity index (χ4n) is 1.37. The molecule has 2 aliphatic rings. The van der Waals surface area contributed by atoms with Crippen molar-refractivity contribution in [3.8, 4) is 10.4 Å². The van der Waals surface area contributed by atoms with Crippen LogP contribution in [0, 0.1) is 0 Å². The molecule has 0 N–H and O–H groups in total. The molecule has 0 aromatic carbocycles. The highest BCUT2D eigenvalue weighted by atomic mass is 32.1. The Morgan fingerprint density at radius 3 is 2.46 bits per heavy atom. The van der Waals surface area contributed by atoms with E-state index in [1.54, 1.807) is 0 Å². The molecule has 68 valence electrons. The van der Waals surface area contributed by atoms with Crippen molar-refractivity contribution < 1.29 is 0 Å². The van der Waals surface area contributed by atoms with Gasteiger partial charge in [-0.15, -0.1) is 11.3 Å². The molecule has 1 aliphatic carbocycles. The maximum Gasteiger partial charge on any atom is 0.0345 e. The highest BCUT2D eigenvalue weighted by Gasteiger charge is 2.16. The Morgan fingerprint density at radius 2 is 1.77 bits per heavy atom. The van der Waals surface area contributed by atoms with Crippen molar-refractivity contribution in [1.29, 1.82) is 0 Å². The maximum absolute atomic E-state index is 2.26. The lowest BCUT2D eigenvalue weighted by Gasteiger charge is -2.18. The molecule has 2 rings (SSSR count). The zero-order valence-corrected chi connectivity index (χ0v) is 9.11. The highest BCUT2D eigenvalue weighted by Crippen LogP contribution is 2.35. The van der Waals surface area contributed by atoms with Crippen LogP contribution in [0.15, 0.2) is 30.3 Å². The second kappa shape index (κ2) is 2.85. The van der Waals surface area contributed by atoms with Gasteiger partial charge in [0.15, 0.2) is 0 Å². The highest BCUT2D eigenvalue weighted by molar-refractivity contribution is 7.15. The first-order chi connectivity index (χ1) is 6.07. The van der Waals surface area contributed by atoms with E-state index in [0.717, 1.165) is 0 Å².